The van der Waals surface area contributed by atoms with E-state index in [4.69, 9.17) is 0 Å². The maximum absolute atomic E-state index is 12.4. The number of sulfonamides is 1. The lowest BCUT2D eigenvalue weighted by molar-refractivity contribution is 0.541. The van der Waals surface area contributed by atoms with Gasteiger partial charge in [-0.2, -0.15) is 5.10 Å². The standard InChI is InChI=1S/C19H25N3O3S/c1-19(2,3)15-7-9-16(10-8-15)26(24,25)20-11-12-22-18(23)13-14-5-4-6-17(14)21-22/h7-10,13,20H,4-6,11-12H2,1-3H3. The van der Waals surface area contributed by atoms with E-state index in [9.17, 15) is 13.2 Å². The van der Waals surface area contributed by atoms with Crippen LogP contribution in [0.15, 0.2) is 40.0 Å². The van der Waals surface area contributed by atoms with Crippen molar-refractivity contribution in [3.63, 3.8) is 0 Å². The number of benzene rings is 1. The lowest BCUT2D eigenvalue weighted by Crippen LogP contribution is -2.32. The van der Waals surface area contributed by atoms with Crippen molar-refractivity contribution in [2.45, 2.75) is 56.9 Å². The summed E-state index contributed by atoms with van der Waals surface area (Å²) in [4.78, 5) is 12.3. The van der Waals surface area contributed by atoms with E-state index in [1.165, 1.54) is 4.68 Å². The molecule has 7 heteroatoms. The van der Waals surface area contributed by atoms with E-state index < -0.39 is 10.0 Å². The van der Waals surface area contributed by atoms with E-state index in [1.54, 1.807) is 18.2 Å². The quantitative estimate of drug-likeness (QED) is 0.867. The van der Waals surface area contributed by atoms with E-state index in [-0.39, 0.29) is 29.0 Å². The summed E-state index contributed by atoms with van der Waals surface area (Å²) in [6.45, 7) is 6.57. The van der Waals surface area contributed by atoms with Crippen molar-refractivity contribution in [3.8, 4) is 0 Å². The average Bonchev–Trinajstić information content (AvgIpc) is 3.01. The van der Waals surface area contributed by atoms with Crippen LogP contribution in [0.1, 0.15) is 44.0 Å². The van der Waals surface area contributed by atoms with Crippen LogP contribution in [0.4, 0.5) is 0 Å². The minimum atomic E-state index is -3.61. The molecule has 0 saturated carbocycles. The third kappa shape index (κ3) is 4.04. The minimum Gasteiger partial charge on any atom is -0.268 e. The maximum Gasteiger partial charge on any atom is 0.267 e. The van der Waals surface area contributed by atoms with Gasteiger partial charge in [0, 0.05) is 12.6 Å². The fourth-order valence-electron chi connectivity index (χ4n) is 3.10. The van der Waals surface area contributed by atoms with Crippen molar-refractivity contribution >= 4 is 10.0 Å². The molecule has 26 heavy (non-hydrogen) atoms. The summed E-state index contributed by atoms with van der Waals surface area (Å²) in [5.41, 5.74) is 2.83. The number of aromatic nitrogens is 2. The second kappa shape index (κ2) is 6.96. The monoisotopic (exact) mass is 375 g/mol. The van der Waals surface area contributed by atoms with E-state index in [2.05, 4.69) is 30.6 Å². The van der Waals surface area contributed by atoms with Gasteiger partial charge in [0.25, 0.3) is 5.56 Å². The molecule has 1 aromatic heterocycles. The number of nitrogens with zero attached hydrogens (tertiary/aromatic N) is 2. The first kappa shape index (κ1) is 18.8. The van der Waals surface area contributed by atoms with Gasteiger partial charge in [0.1, 0.15) is 0 Å². The molecule has 0 fully saturated rings. The Morgan fingerprint density at radius 2 is 1.85 bits per heavy atom. The molecule has 0 amide bonds. The van der Waals surface area contributed by atoms with Crippen LogP contribution in [-0.4, -0.2) is 24.7 Å². The smallest absolute Gasteiger partial charge is 0.267 e. The summed E-state index contributed by atoms with van der Waals surface area (Å²) in [5.74, 6) is 0. The number of aryl methyl sites for hydroxylation is 2. The van der Waals surface area contributed by atoms with Gasteiger partial charge in [-0.25, -0.2) is 17.8 Å². The normalized spacial score (nSPS) is 14.4. The Balaban J connectivity index is 1.67. The van der Waals surface area contributed by atoms with Gasteiger partial charge >= 0.3 is 0 Å². The first-order valence-corrected chi connectivity index (χ1v) is 10.4. The van der Waals surface area contributed by atoms with Gasteiger partial charge in [-0.3, -0.25) is 4.79 Å². The number of hydrogen-bond donors (Lipinski definition) is 1. The van der Waals surface area contributed by atoms with Crippen molar-refractivity contribution in [1.82, 2.24) is 14.5 Å². The summed E-state index contributed by atoms with van der Waals surface area (Å²) >= 11 is 0. The molecule has 1 aliphatic rings. The van der Waals surface area contributed by atoms with E-state index in [1.807, 2.05) is 12.1 Å². The predicted octanol–water partition coefficient (Wildman–Crippen LogP) is 2.01. The lowest BCUT2D eigenvalue weighted by atomic mass is 9.87. The number of rotatable bonds is 5. The summed E-state index contributed by atoms with van der Waals surface area (Å²) < 4.78 is 28.8. The molecular weight excluding hydrogens is 350 g/mol. The minimum absolute atomic E-state index is 0.0316. The molecule has 1 heterocycles. The summed E-state index contributed by atoms with van der Waals surface area (Å²) in [6, 6.07) is 8.52. The lowest BCUT2D eigenvalue weighted by Gasteiger charge is -2.19. The molecule has 2 aromatic rings. The van der Waals surface area contributed by atoms with Gasteiger partial charge in [0.2, 0.25) is 10.0 Å². The molecular formula is C19H25N3O3S. The first-order valence-electron chi connectivity index (χ1n) is 8.87. The van der Waals surface area contributed by atoms with Gasteiger partial charge in [-0.15, -0.1) is 0 Å². The molecule has 6 nitrogen and oxygen atoms in total. The van der Waals surface area contributed by atoms with Crippen LogP contribution in [0.25, 0.3) is 0 Å². The Bertz CT molecular complexity index is 955. The fourth-order valence-corrected chi connectivity index (χ4v) is 4.12. The average molecular weight is 375 g/mol. The van der Waals surface area contributed by atoms with Crippen LogP contribution in [0, 0.1) is 0 Å². The molecule has 1 aromatic carbocycles. The molecule has 0 unspecified atom stereocenters. The van der Waals surface area contributed by atoms with Crippen molar-refractivity contribution in [3.05, 3.63) is 57.5 Å². The molecule has 3 rings (SSSR count). The SMILES string of the molecule is CC(C)(C)c1ccc(S(=O)(=O)NCCn2nc3c(cc2=O)CCC3)cc1. The zero-order valence-corrected chi connectivity index (χ0v) is 16.3. The zero-order valence-electron chi connectivity index (χ0n) is 15.4. The molecule has 140 valence electrons. The van der Waals surface area contributed by atoms with Crippen LogP contribution in [0.2, 0.25) is 0 Å². The van der Waals surface area contributed by atoms with E-state index >= 15 is 0 Å². The van der Waals surface area contributed by atoms with Crippen molar-refractivity contribution in [2.24, 2.45) is 0 Å². The summed E-state index contributed by atoms with van der Waals surface area (Å²) in [6.07, 6.45) is 2.79. The molecule has 1 aliphatic carbocycles. The highest BCUT2D eigenvalue weighted by molar-refractivity contribution is 7.89. The molecule has 0 bridgehead atoms. The van der Waals surface area contributed by atoms with Gasteiger partial charge in [-0.1, -0.05) is 32.9 Å². The Morgan fingerprint density at radius 1 is 1.15 bits per heavy atom. The summed E-state index contributed by atoms with van der Waals surface area (Å²) in [7, 11) is -3.61. The Morgan fingerprint density at radius 3 is 2.50 bits per heavy atom. The van der Waals surface area contributed by atoms with Crippen molar-refractivity contribution < 1.29 is 8.42 Å². The Kier molecular flexibility index (Phi) is 5.03. The van der Waals surface area contributed by atoms with E-state index in [0.717, 1.165) is 36.1 Å². The summed E-state index contributed by atoms with van der Waals surface area (Å²) in [5, 5.41) is 4.35. The van der Waals surface area contributed by atoms with Gasteiger partial charge < -0.3 is 0 Å². The maximum atomic E-state index is 12.4. The molecule has 1 N–H and O–H groups in total. The van der Waals surface area contributed by atoms with Crippen molar-refractivity contribution in [1.29, 1.82) is 0 Å². The first-order chi connectivity index (χ1) is 12.2. The molecule has 0 atom stereocenters. The van der Waals surface area contributed by atoms with Crippen LogP contribution < -0.4 is 10.3 Å². The van der Waals surface area contributed by atoms with Crippen LogP contribution >= 0.6 is 0 Å². The number of fused-ring (bicyclic) bond motifs is 1. The van der Waals surface area contributed by atoms with Gasteiger partial charge in [-0.05, 0) is 47.9 Å². The van der Waals surface area contributed by atoms with Gasteiger partial charge in [0.15, 0.2) is 0 Å². The van der Waals surface area contributed by atoms with Gasteiger partial charge in [0.05, 0.1) is 17.1 Å². The molecule has 0 radical (unpaired) electrons. The molecule has 0 spiro atoms. The highest BCUT2D eigenvalue weighted by Gasteiger charge is 2.18. The van der Waals surface area contributed by atoms with Crippen LogP contribution in [0.5, 0.6) is 0 Å². The van der Waals surface area contributed by atoms with Crippen molar-refractivity contribution in [2.75, 3.05) is 6.54 Å². The van der Waals surface area contributed by atoms with Crippen LogP contribution in [0.3, 0.4) is 0 Å². The Hall–Kier alpha value is -1.99. The molecule has 0 saturated heterocycles. The zero-order chi connectivity index (χ0) is 18.9. The highest BCUT2D eigenvalue weighted by atomic mass is 32.2. The third-order valence-electron chi connectivity index (χ3n) is 4.67. The largest absolute Gasteiger partial charge is 0.268 e. The topological polar surface area (TPSA) is 81.1 Å². The number of hydrogen-bond acceptors (Lipinski definition) is 4. The fraction of sp³-hybridized carbons (Fsp3) is 0.474. The van der Waals surface area contributed by atoms with E-state index in [0.29, 0.717) is 0 Å². The highest BCUT2D eigenvalue weighted by Crippen LogP contribution is 2.23. The Labute approximate surface area is 154 Å². The molecule has 0 aliphatic heterocycles. The second-order valence-corrected chi connectivity index (χ2v) is 9.47. The predicted molar refractivity (Wildman–Crippen MR) is 101 cm³/mol. The van der Waals surface area contributed by atoms with Crippen LogP contribution in [-0.2, 0) is 34.8 Å². The number of nitrogens with one attached hydrogen (secondary N) is 1. The third-order valence-corrected chi connectivity index (χ3v) is 6.15. The second-order valence-electron chi connectivity index (χ2n) is 7.70.